The normalized spacial score (nSPS) is 13.0. The number of carbonyl (C=O) groups is 1. The van der Waals surface area contributed by atoms with Gasteiger partial charge in [0.05, 0.1) is 44.6 Å². The SMILES string of the molecule is CC(=O)Nc1cc(S(=O)(=O)O)c2nc3c(C#N)c(C)c(N=Nc4cc(C)c(N=Nc5cc(N)c(N=Nc6nc7c(S(=O)(=O)O)cc8cc(S(=O)(=O)O)ccc8c7s6)cc5SCCCS(=O)(=O)O)cc4OCCCS(=O)(=O)O)c(O)n3c2c1. The number of thioether (sulfide) groups is 1. The Bertz CT molecular complexity index is 4750. The smallest absolute Gasteiger partial charge is 0.296 e. The summed E-state index contributed by atoms with van der Waals surface area (Å²) in [5.41, 5.74) is 5.04. The lowest BCUT2D eigenvalue weighted by molar-refractivity contribution is -0.114. The van der Waals surface area contributed by atoms with Gasteiger partial charge in [-0.25, -0.2) is 9.97 Å². The molecule has 30 nitrogen and oxygen atoms in total. The first-order valence-electron chi connectivity index (χ1n) is 22.9. The van der Waals surface area contributed by atoms with E-state index in [0.717, 1.165) is 58.7 Å². The predicted molar refractivity (Wildman–Crippen MR) is 298 cm³/mol. The molecule has 0 saturated heterocycles. The molecule has 5 aromatic carbocycles. The van der Waals surface area contributed by atoms with Gasteiger partial charge in [0.1, 0.15) is 55.3 Å². The van der Waals surface area contributed by atoms with Crippen molar-refractivity contribution in [3.05, 3.63) is 77.4 Å². The predicted octanol–water partition coefficient (Wildman–Crippen LogP) is 9.00. The van der Waals surface area contributed by atoms with Gasteiger partial charge < -0.3 is 20.9 Å². The van der Waals surface area contributed by atoms with Crippen LogP contribution in [0.1, 0.15) is 36.5 Å². The standard InChI is InChI=1S/C45H40N12O18S7/c1-21-12-32(53-55-39-22(2)28(20-46)43-49-40-34(57(43)44(39)59)15-25(48-23(3)58)16-38(40)82(72,73)74)35(75-8-4-10-78(60,61)62)18-30(21)51-54-33-17-29(47)31(19-36(33)76-9-5-11-79(63,64)65)52-56-45-50-41-37(81(69,70)71)14-24-13-26(80(66,67)68)6-7-27(24)42(41)77-45/h6-7,12-19,59H,4-5,8-11,47H2,1-3H3,(H,48,58)(H,60,61,62)(H,63,64,65)(H,66,67,68)(H,69,70,71)(H,72,73,74). The summed E-state index contributed by atoms with van der Waals surface area (Å²) in [6.45, 7) is 3.75. The summed E-state index contributed by atoms with van der Waals surface area (Å²) in [5.74, 6) is -2.70. The second-order valence-electron chi connectivity index (χ2n) is 17.5. The summed E-state index contributed by atoms with van der Waals surface area (Å²) in [6, 6.07) is 13.9. The number of aryl methyl sites for hydroxylation is 1. The number of carbonyl (C=O) groups excluding carboxylic acids is 1. The molecule has 0 saturated carbocycles. The van der Waals surface area contributed by atoms with Crippen LogP contribution in [-0.2, 0) is 55.4 Å². The molecular weight excluding hydrogens is 1220 g/mol. The number of rotatable bonds is 20. The minimum Gasteiger partial charge on any atom is -0.493 e. The van der Waals surface area contributed by atoms with Gasteiger partial charge in [-0.2, -0.15) is 52.5 Å². The van der Waals surface area contributed by atoms with Gasteiger partial charge >= 0.3 is 0 Å². The molecule has 0 fully saturated rings. The summed E-state index contributed by atoms with van der Waals surface area (Å²) in [6.07, 6.45) is -0.280. The number of nitrogens with zero attached hydrogens (tertiary/aromatic N) is 10. The second kappa shape index (κ2) is 22.9. The number of nitriles is 1. The Morgan fingerprint density at radius 3 is 2.05 bits per heavy atom. The number of pyridine rings is 1. The molecule has 430 valence electrons. The number of thiazole rings is 1. The number of azo groups is 3. The minimum atomic E-state index is -5.01. The van der Waals surface area contributed by atoms with Crippen LogP contribution in [0, 0.1) is 25.2 Å². The monoisotopic (exact) mass is 1260 g/mol. The lowest BCUT2D eigenvalue weighted by Crippen LogP contribution is -2.08. The van der Waals surface area contributed by atoms with Crippen molar-refractivity contribution in [3.8, 4) is 17.7 Å². The zero-order chi connectivity index (χ0) is 60.0. The van der Waals surface area contributed by atoms with Gasteiger partial charge in [-0.15, -0.1) is 37.3 Å². The quantitative estimate of drug-likeness (QED) is 0.0116. The summed E-state index contributed by atoms with van der Waals surface area (Å²) in [7, 11) is -23.5. The first-order valence-corrected chi connectivity index (χ1v) is 32.2. The van der Waals surface area contributed by atoms with Crippen LogP contribution in [-0.4, -0.2) is 114 Å². The fourth-order valence-electron chi connectivity index (χ4n) is 7.92. The lowest BCUT2D eigenvalue weighted by atomic mass is 10.1. The van der Waals surface area contributed by atoms with Crippen LogP contribution < -0.4 is 15.8 Å². The Labute approximate surface area is 472 Å². The first-order chi connectivity index (χ1) is 38.2. The number of benzene rings is 5. The number of anilines is 2. The maximum Gasteiger partial charge on any atom is 0.296 e. The number of nitrogens with one attached hydrogen (secondary N) is 1. The molecule has 3 heterocycles. The number of nitrogens with two attached hydrogens (primary N) is 1. The Morgan fingerprint density at radius 2 is 1.40 bits per heavy atom. The lowest BCUT2D eigenvalue weighted by Gasteiger charge is -2.12. The van der Waals surface area contributed by atoms with Crippen LogP contribution >= 0.6 is 23.1 Å². The number of hydrogen-bond acceptors (Lipinski definition) is 25. The third-order valence-corrected chi connectivity index (χ3v) is 17.8. The molecule has 0 bridgehead atoms. The molecule has 8 rings (SSSR count). The second-order valence-corrected chi connectivity index (χ2v) is 27.0. The van der Waals surface area contributed by atoms with Gasteiger partial charge in [0.15, 0.2) is 11.3 Å². The van der Waals surface area contributed by atoms with Crippen molar-refractivity contribution in [2.45, 2.75) is 53.2 Å². The Morgan fingerprint density at radius 1 is 0.756 bits per heavy atom. The number of aromatic hydroxyl groups is 1. The first kappa shape index (κ1) is 60.4. The molecule has 0 aliphatic carbocycles. The maximum absolute atomic E-state index is 12.5. The van der Waals surface area contributed by atoms with Gasteiger partial charge in [0.25, 0.3) is 50.6 Å². The number of ether oxygens (including phenoxy) is 1. The van der Waals surface area contributed by atoms with Crippen molar-refractivity contribution in [2.75, 3.05) is 34.9 Å². The molecule has 82 heavy (non-hydrogen) atoms. The molecule has 0 aliphatic rings. The number of fused-ring (bicyclic) bond motifs is 6. The molecular formula is C45H40N12O18S7. The van der Waals surface area contributed by atoms with Crippen LogP contribution in [0.5, 0.6) is 11.6 Å². The van der Waals surface area contributed by atoms with Crippen LogP contribution in [0.4, 0.5) is 44.9 Å². The molecule has 1 amide bonds. The zero-order valence-electron chi connectivity index (χ0n) is 42.0. The highest BCUT2D eigenvalue weighted by Crippen LogP contribution is 2.45. The van der Waals surface area contributed by atoms with Gasteiger partial charge in [0, 0.05) is 34.5 Å². The summed E-state index contributed by atoms with van der Waals surface area (Å²) < 4.78 is 175. The molecule has 8 aromatic rings. The van der Waals surface area contributed by atoms with Crippen LogP contribution in [0.15, 0.2) is 111 Å². The fourth-order valence-corrected chi connectivity index (χ4v) is 12.9. The van der Waals surface area contributed by atoms with E-state index in [9.17, 15) is 80.0 Å². The average molecular weight is 1260 g/mol. The van der Waals surface area contributed by atoms with E-state index in [-0.39, 0.29) is 130 Å². The van der Waals surface area contributed by atoms with E-state index in [4.69, 9.17) is 10.5 Å². The van der Waals surface area contributed by atoms with Gasteiger partial charge in [-0.3, -0.25) is 32.0 Å². The van der Waals surface area contributed by atoms with E-state index in [1.54, 1.807) is 6.92 Å². The number of imidazole rings is 1. The van der Waals surface area contributed by atoms with Gasteiger partial charge in [-0.1, -0.05) is 17.4 Å². The summed E-state index contributed by atoms with van der Waals surface area (Å²) in [4.78, 5) is 18.7. The topological polar surface area (TPSA) is 485 Å². The van der Waals surface area contributed by atoms with E-state index in [1.165, 1.54) is 43.3 Å². The van der Waals surface area contributed by atoms with Gasteiger partial charge in [0.2, 0.25) is 16.9 Å². The maximum atomic E-state index is 12.5. The van der Waals surface area contributed by atoms with Crippen molar-refractivity contribution in [2.24, 2.45) is 30.7 Å². The number of amides is 1. The Kier molecular flexibility index (Phi) is 16.9. The zero-order valence-corrected chi connectivity index (χ0v) is 47.7. The average Bonchev–Trinajstić information content (AvgIpc) is 2.03. The van der Waals surface area contributed by atoms with Crippen molar-refractivity contribution in [1.82, 2.24) is 14.4 Å². The molecule has 0 radical (unpaired) electrons. The largest absolute Gasteiger partial charge is 0.493 e. The molecule has 0 atom stereocenters. The number of hydrogen-bond donors (Lipinski definition) is 8. The van der Waals surface area contributed by atoms with E-state index in [1.807, 2.05) is 6.07 Å². The molecule has 3 aromatic heterocycles. The highest BCUT2D eigenvalue weighted by Gasteiger charge is 2.27. The van der Waals surface area contributed by atoms with Crippen LogP contribution in [0.2, 0.25) is 0 Å². The minimum absolute atomic E-state index is 0.000791. The van der Waals surface area contributed by atoms with E-state index in [2.05, 4.69) is 46.0 Å². The van der Waals surface area contributed by atoms with Crippen molar-refractivity contribution >= 4 is 162 Å². The Balaban J connectivity index is 1.19. The molecule has 9 N–H and O–H groups in total. The highest BCUT2D eigenvalue weighted by molar-refractivity contribution is 7.99. The highest BCUT2D eigenvalue weighted by atomic mass is 32.2. The van der Waals surface area contributed by atoms with Gasteiger partial charge in [-0.05, 0) is 91.9 Å². The van der Waals surface area contributed by atoms with Crippen molar-refractivity contribution < 1.29 is 79.5 Å². The fraction of sp³-hybridized carbons (Fsp3) is 0.200. The molecule has 37 heteroatoms. The van der Waals surface area contributed by atoms with Crippen LogP contribution in [0.3, 0.4) is 0 Å². The summed E-state index contributed by atoms with van der Waals surface area (Å²) >= 11 is 1.85. The number of aromatic nitrogens is 3. The third kappa shape index (κ3) is 13.6. The van der Waals surface area contributed by atoms with E-state index < -0.39 is 88.6 Å². The Hall–Kier alpha value is -7.74. The van der Waals surface area contributed by atoms with Crippen molar-refractivity contribution in [3.63, 3.8) is 0 Å². The van der Waals surface area contributed by atoms with E-state index >= 15 is 0 Å². The summed E-state index contributed by atoms with van der Waals surface area (Å²) in [5, 5.41) is 50.2. The molecule has 0 aliphatic heterocycles. The van der Waals surface area contributed by atoms with Crippen molar-refractivity contribution in [1.29, 1.82) is 5.26 Å². The third-order valence-electron chi connectivity index (χ3n) is 11.6. The van der Waals surface area contributed by atoms with E-state index in [0.29, 0.717) is 5.56 Å². The number of nitrogen functional groups attached to an aromatic ring is 1. The molecule has 0 unspecified atom stereocenters. The van der Waals surface area contributed by atoms with Crippen LogP contribution in [0.25, 0.3) is 37.7 Å². The molecule has 0 spiro atoms.